The fraction of sp³-hybridized carbons (Fsp3) is 0.208. The number of hydrogen-bond acceptors (Lipinski definition) is 6. The van der Waals surface area contributed by atoms with Crippen molar-refractivity contribution in [2.24, 2.45) is 0 Å². The van der Waals surface area contributed by atoms with Crippen LogP contribution in [-0.4, -0.2) is 21.7 Å². The van der Waals surface area contributed by atoms with Gasteiger partial charge in [-0.05, 0) is 43.7 Å². The van der Waals surface area contributed by atoms with Crippen LogP contribution in [-0.2, 0) is 6.42 Å². The number of aromatic nitrogens is 2. The van der Waals surface area contributed by atoms with Crippen molar-refractivity contribution in [1.82, 2.24) is 9.97 Å². The van der Waals surface area contributed by atoms with Gasteiger partial charge in [-0.25, -0.2) is 14.8 Å². The van der Waals surface area contributed by atoms with E-state index in [9.17, 15) is 4.79 Å². The largest absolute Gasteiger partial charge is 0.484 e. The van der Waals surface area contributed by atoms with Gasteiger partial charge in [-0.2, -0.15) is 0 Å². The first kappa shape index (κ1) is 19.6. The van der Waals surface area contributed by atoms with Crippen molar-refractivity contribution in [2.75, 3.05) is 0 Å². The molecule has 3 heterocycles. The molecule has 0 amide bonds. The third kappa shape index (κ3) is 3.86. The molecule has 1 atom stereocenters. The predicted molar refractivity (Wildman–Crippen MR) is 118 cm³/mol. The number of hydrogen-bond donors (Lipinski definition) is 0. The molecule has 0 saturated carbocycles. The fourth-order valence-corrected chi connectivity index (χ4v) is 3.83. The Morgan fingerprint density at radius 3 is 2.68 bits per heavy atom. The predicted octanol–water partition coefficient (Wildman–Crippen LogP) is 5.06. The number of nitrogens with zero attached hydrogens (tertiary/aromatic N) is 2. The fourth-order valence-electron chi connectivity index (χ4n) is 3.70. The molecular weight excluding hydrogens is 416 g/mol. The highest BCUT2D eigenvalue weighted by Crippen LogP contribution is 2.37. The Morgan fingerprint density at radius 2 is 1.87 bits per heavy atom. The molecule has 31 heavy (non-hydrogen) atoms. The molecule has 1 aliphatic rings. The minimum absolute atomic E-state index is 0.277. The van der Waals surface area contributed by atoms with E-state index in [2.05, 4.69) is 9.97 Å². The Balaban J connectivity index is 1.45. The molecule has 2 aromatic carbocycles. The van der Waals surface area contributed by atoms with E-state index in [0.717, 1.165) is 22.2 Å². The lowest BCUT2D eigenvalue weighted by Crippen LogP contribution is -2.49. The van der Waals surface area contributed by atoms with Gasteiger partial charge < -0.3 is 13.9 Å². The second kappa shape index (κ2) is 7.39. The molecule has 6 nitrogen and oxygen atoms in total. The standard InChI is InChI=1S/C24H19ClN2O4/c1-24(2)21(10-16-9-15-5-8-23(28)29-19(15)12-20(16)31-24)30-22-11-18(26-13-27-22)14-3-6-17(25)7-4-14/h3-9,11-13,21H,10H2,1-2H3/t21-/m0/s1. The highest BCUT2D eigenvalue weighted by atomic mass is 35.5. The normalized spacial score (nSPS) is 17.1. The molecule has 2 aromatic heterocycles. The molecule has 1 aliphatic heterocycles. The second-order valence-electron chi connectivity index (χ2n) is 8.02. The lowest BCUT2D eigenvalue weighted by Gasteiger charge is -2.39. The molecular formula is C24H19ClN2O4. The van der Waals surface area contributed by atoms with Gasteiger partial charge in [-0.15, -0.1) is 0 Å². The van der Waals surface area contributed by atoms with Crippen molar-refractivity contribution in [3.8, 4) is 22.9 Å². The van der Waals surface area contributed by atoms with Gasteiger partial charge in [0.1, 0.15) is 29.4 Å². The average Bonchev–Trinajstić information content (AvgIpc) is 2.73. The maximum atomic E-state index is 11.5. The smallest absolute Gasteiger partial charge is 0.336 e. The summed E-state index contributed by atoms with van der Waals surface area (Å²) in [5.41, 5.74) is 2.15. The summed E-state index contributed by atoms with van der Waals surface area (Å²) in [6.45, 7) is 3.93. The number of halogens is 1. The molecule has 5 rings (SSSR count). The Kier molecular flexibility index (Phi) is 4.67. The monoisotopic (exact) mass is 434 g/mol. The zero-order chi connectivity index (χ0) is 21.6. The van der Waals surface area contributed by atoms with Gasteiger partial charge in [0.15, 0.2) is 0 Å². The molecule has 0 unspecified atom stereocenters. The van der Waals surface area contributed by atoms with Crippen LogP contribution in [0.15, 0.2) is 70.1 Å². The Hall–Kier alpha value is -3.38. The van der Waals surface area contributed by atoms with E-state index >= 15 is 0 Å². The first-order valence-electron chi connectivity index (χ1n) is 9.88. The number of ether oxygens (including phenoxy) is 2. The summed E-state index contributed by atoms with van der Waals surface area (Å²) >= 11 is 5.98. The number of benzene rings is 2. The quantitative estimate of drug-likeness (QED) is 0.419. The van der Waals surface area contributed by atoms with Crippen LogP contribution in [0.5, 0.6) is 11.6 Å². The minimum atomic E-state index is -0.624. The van der Waals surface area contributed by atoms with E-state index in [4.69, 9.17) is 25.5 Å². The maximum Gasteiger partial charge on any atom is 0.336 e. The van der Waals surface area contributed by atoms with Crippen molar-refractivity contribution in [3.05, 3.63) is 81.9 Å². The van der Waals surface area contributed by atoms with Crippen molar-refractivity contribution in [2.45, 2.75) is 32.0 Å². The third-order valence-corrected chi connectivity index (χ3v) is 5.65. The zero-order valence-electron chi connectivity index (χ0n) is 17.0. The first-order chi connectivity index (χ1) is 14.9. The molecule has 7 heteroatoms. The highest BCUT2D eigenvalue weighted by Gasteiger charge is 2.39. The van der Waals surface area contributed by atoms with Crippen LogP contribution in [0.2, 0.25) is 5.02 Å². The van der Waals surface area contributed by atoms with Crippen LogP contribution in [0.25, 0.3) is 22.2 Å². The van der Waals surface area contributed by atoms with Crippen LogP contribution < -0.4 is 15.1 Å². The lowest BCUT2D eigenvalue weighted by atomic mass is 9.90. The molecule has 0 aliphatic carbocycles. The van der Waals surface area contributed by atoms with Gasteiger partial charge in [0.05, 0.1) is 5.69 Å². The van der Waals surface area contributed by atoms with E-state index < -0.39 is 5.60 Å². The van der Waals surface area contributed by atoms with E-state index in [-0.39, 0.29) is 11.7 Å². The van der Waals surface area contributed by atoms with Crippen molar-refractivity contribution < 1.29 is 13.9 Å². The van der Waals surface area contributed by atoms with Gasteiger partial charge >= 0.3 is 5.63 Å². The Morgan fingerprint density at radius 1 is 1.06 bits per heavy atom. The Labute approximate surface area is 183 Å². The minimum Gasteiger partial charge on any atom is -0.484 e. The topological polar surface area (TPSA) is 74.5 Å². The second-order valence-corrected chi connectivity index (χ2v) is 8.45. The van der Waals surface area contributed by atoms with E-state index in [1.54, 1.807) is 12.1 Å². The summed E-state index contributed by atoms with van der Waals surface area (Å²) in [5, 5.41) is 1.51. The zero-order valence-corrected chi connectivity index (χ0v) is 17.7. The Bertz CT molecular complexity index is 1330. The highest BCUT2D eigenvalue weighted by molar-refractivity contribution is 6.30. The summed E-state index contributed by atoms with van der Waals surface area (Å²) in [7, 11) is 0. The SMILES string of the molecule is CC1(C)Oc2cc3oc(=O)ccc3cc2C[C@@H]1Oc1cc(-c2ccc(Cl)cc2)ncn1. The van der Waals surface area contributed by atoms with Gasteiger partial charge in [0, 0.05) is 40.6 Å². The maximum absolute atomic E-state index is 11.5. The average molecular weight is 435 g/mol. The van der Waals surface area contributed by atoms with E-state index in [0.29, 0.717) is 28.7 Å². The van der Waals surface area contributed by atoms with Crippen LogP contribution >= 0.6 is 11.6 Å². The summed E-state index contributed by atoms with van der Waals surface area (Å²) in [5.74, 6) is 1.16. The van der Waals surface area contributed by atoms with E-state index in [1.165, 1.54) is 12.4 Å². The molecule has 0 radical (unpaired) electrons. The van der Waals surface area contributed by atoms with Gasteiger partial charge in [0.2, 0.25) is 5.88 Å². The summed E-state index contributed by atoms with van der Waals surface area (Å²) in [6.07, 6.45) is 1.83. The lowest BCUT2D eigenvalue weighted by molar-refractivity contribution is -0.0287. The van der Waals surface area contributed by atoms with Crippen molar-refractivity contribution >= 4 is 22.6 Å². The molecule has 0 N–H and O–H groups in total. The molecule has 0 spiro atoms. The van der Waals surface area contributed by atoms with Crippen molar-refractivity contribution in [3.63, 3.8) is 0 Å². The first-order valence-corrected chi connectivity index (χ1v) is 10.3. The van der Waals surface area contributed by atoms with E-state index in [1.807, 2.05) is 50.2 Å². The molecule has 156 valence electrons. The van der Waals surface area contributed by atoms with Crippen LogP contribution in [0.1, 0.15) is 19.4 Å². The van der Waals surface area contributed by atoms with Crippen LogP contribution in [0.4, 0.5) is 0 Å². The summed E-state index contributed by atoms with van der Waals surface area (Å²) in [4.78, 5) is 20.2. The third-order valence-electron chi connectivity index (χ3n) is 5.40. The van der Waals surface area contributed by atoms with Gasteiger partial charge in [-0.1, -0.05) is 23.7 Å². The van der Waals surface area contributed by atoms with Crippen LogP contribution in [0, 0.1) is 0 Å². The molecule has 0 bridgehead atoms. The summed E-state index contributed by atoms with van der Waals surface area (Å²) < 4.78 is 17.8. The van der Waals surface area contributed by atoms with Gasteiger partial charge in [-0.3, -0.25) is 0 Å². The number of fused-ring (bicyclic) bond motifs is 2. The van der Waals surface area contributed by atoms with Crippen molar-refractivity contribution in [1.29, 1.82) is 0 Å². The summed E-state index contributed by atoms with van der Waals surface area (Å²) in [6, 6.07) is 16.2. The molecule has 0 fully saturated rings. The van der Waals surface area contributed by atoms with Gasteiger partial charge in [0.25, 0.3) is 0 Å². The molecule has 0 saturated heterocycles. The van der Waals surface area contributed by atoms with Crippen LogP contribution in [0.3, 0.4) is 0 Å². The molecule has 4 aromatic rings. The number of rotatable bonds is 3.